The molecule has 2 aromatic carbocycles. The van der Waals surface area contributed by atoms with Crippen molar-refractivity contribution in [1.29, 1.82) is 0 Å². The molecule has 0 heterocycles. The summed E-state index contributed by atoms with van der Waals surface area (Å²) in [5.74, 6) is 0.485. The molecule has 0 spiro atoms. The number of aryl methyl sites for hydroxylation is 1. The third kappa shape index (κ3) is 3.36. The fourth-order valence-electron chi connectivity index (χ4n) is 1.79. The molecule has 6 heteroatoms. The van der Waals surface area contributed by atoms with Gasteiger partial charge < -0.3 is 9.47 Å². The summed E-state index contributed by atoms with van der Waals surface area (Å²) in [5.41, 5.74) is 1.00. The van der Waals surface area contributed by atoms with E-state index in [0.29, 0.717) is 22.6 Å². The van der Waals surface area contributed by atoms with Crippen LogP contribution in [0.4, 0.5) is 5.69 Å². The number of nitro groups is 1. The summed E-state index contributed by atoms with van der Waals surface area (Å²) in [6.07, 6.45) is 0. The van der Waals surface area contributed by atoms with Crippen molar-refractivity contribution >= 4 is 11.7 Å². The number of non-ortho nitro benzene ring substituents is 1. The average molecular weight is 287 g/mol. The van der Waals surface area contributed by atoms with Gasteiger partial charge in [-0.1, -0.05) is 6.07 Å². The zero-order chi connectivity index (χ0) is 15.4. The molecule has 0 saturated carbocycles. The minimum Gasteiger partial charge on any atom is -0.465 e. The van der Waals surface area contributed by atoms with Crippen LogP contribution >= 0.6 is 0 Å². The predicted octanol–water partition coefficient (Wildman–Crippen LogP) is 3.48. The molecule has 0 bridgehead atoms. The highest BCUT2D eigenvalue weighted by Gasteiger charge is 2.11. The Morgan fingerprint density at radius 2 is 1.95 bits per heavy atom. The van der Waals surface area contributed by atoms with Crippen LogP contribution in [0.5, 0.6) is 11.5 Å². The number of hydrogen-bond donors (Lipinski definition) is 0. The molecular weight excluding hydrogens is 274 g/mol. The van der Waals surface area contributed by atoms with Gasteiger partial charge >= 0.3 is 5.97 Å². The van der Waals surface area contributed by atoms with E-state index in [4.69, 9.17) is 4.74 Å². The van der Waals surface area contributed by atoms with E-state index < -0.39 is 10.9 Å². The molecule has 0 fully saturated rings. The smallest absolute Gasteiger partial charge is 0.337 e. The maximum atomic E-state index is 11.5. The minimum absolute atomic E-state index is 0.00293. The van der Waals surface area contributed by atoms with Gasteiger partial charge in [0, 0.05) is 12.1 Å². The number of nitrogens with zero attached hydrogens (tertiary/aromatic N) is 1. The van der Waals surface area contributed by atoms with Crippen LogP contribution in [0.25, 0.3) is 0 Å². The molecule has 0 unspecified atom stereocenters. The van der Waals surface area contributed by atoms with Crippen molar-refractivity contribution in [3.8, 4) is 11.5 Å². The van der Waals surface area contributed by atoms with Crippen LogP contribution in [-0.4, -0.2) is 18.0 Å². The van der Waals surface area contributed by atoms with E-state index in [0.717, 1.165) is 0 Å². The van der Waals surface area contributed by atoms with Crippen LogP contribution in [-0.2, 0) is 4.74 Å². The van der Waals surface area contributed by atoms with Crippen LogP contribution < -0.4 is 4.74 Å². The Hall–Kier alpha value is -2.89. The first-order valence-corrected chi connectivity index (χ1v) is 6.12. The Kier molecular flexibility index (Phi) is 4.18. The first-order valence-electron chi connectivity index (χ1n) is 6.12. The van der Waals surface area contributed by atoms with Crippen molar-refractivity contribution in [2.24, 2.45) is 0 Å². The summed E-state index contributed by atoms with van der Waals surface area (Å²) in [6.45, 7) is 1.71. The topological polar surface area (TPSA) is 78.7 Å². The van der Waals surface area contributed by atoms with E-state index in [1.807, 2.05) is 0 Å². The third-order valence-electron chi connectivity index (χ3n) is 2.85. The molecule has 21 heavy (non-hydrogen) atoms. The Balaban J connectivity index is 2.26. The Morgan fingerprint density at radius 3 is 2.57 bits per heavy atom. The largest absolute Gasteiger partial charge is 0.465 e. The fraction of sp³-hybridized carbons (Fsp3) is 0.133. The lowest BCUT2D eigenvalue weighted by Crippen LogP contribution is -2.01. The van der Waals surface area contributed by atoms with Crippen molar-refractivity contribution < 1.29 is 19.2 Å². The van der Waals surface area contributed by atoms with Gasteiger partial charge in [0.05, 0.1) is 17.6 Å². The quantitative estimate of drug-likeness (QED) is 0.488. The second kappa shape index (κ2) is 6.04. The molecule has 2 aromatic rings. The number of ether oxygens (including phenoxy) is 2. The lowest BCUT2D eigenvalue weighted by Gasteiger charge is -2.09. The maximum absolute atomic E-state index is 11.5. The summed E-state index contributed by atoms with van der Waals surface area (Å²) in [4.78, 5) is 21.7. The van der Waals surface area contributed by atoms with Crippen LogP contribution in [0, 0.1) is 17.0 Å². The Morgan fingerprint density at radius 1 is 1.19 bits per heavy atom. The Bertz CT molecular complexity index is 696. The predicted molar refractivity (Wildman–Crippen MR) is 75.7 cm³/mol. The molecule has 108 valence electrons. The molecule has 6 nitrogen and oxygen atoms in total. The van der Waals surface area contributed by atoms with Gasteiger partial charge in [0.15, 0.2) is 0 Å². The lowest BCUT2D eigenvalue weighted by atomic mass is 10.2. The van der Waals surface area contributed by atoms with Crippen molar-refractivity contribution in [1.82, 2.24) is 0 Å². The number of esters is 1. The molecule has 0 atom stereocenters. The normalized spacial score (nSPS) is 10.0. The number of carbonyl (C=O) groups is 1. The molecule has 0 aromatic heterocycles. The van der Waals surface area contributed by atoms with E-state index in [1.165, 1.54) is 25.3 Å². The van der Waals surface area contributed by atoms with Crippen LogP contribution in [0.3, 0.4) is 0 Å². The summed E-state index contributed by atoms with van der Waals surface area (Å²) in [6, 6.07) is 10.8. The van der Waals surface area contributed by atoms with Gasteiger partial charge in [-0.05, 0) is 36.8 Å². The molecule has 2 rings (SSSR count). The zero-order valence-corrected chi connectivity index (χ0v) is 11.5. The van der Waals surface area contributed by atoms with E-state index >= 15 is 0 Å². The van der Waals surface area contributed by atoms with E-state index in [9.17, 15) is 14.9 Å². The molecule has 0 amide bonds. The molecule has 0 N–H and O–H groups in total. The fourth-order valence-corrected chi connectivity index (χ4v) is 1.79. The summed E-state index contributed by atoms with van der Waals surface area (Å²) < 4.78 is 10.3. The van der Waals surface area contributed by atoms with Gasteiger partial charge in [0.25, 0.3) is 5.69 Å². The molecule has 0 radical (unpaired) electrons. The van der Waals surface area contributed by atoms with Crippen molar-refractivity contribution in [3.05, 3.63) is 63.7 Å². The molecule has 0 saturated heterocycles. The Labute approximate surface area is 121 Å². The van der Waals surface area contributed by atoms with Gasteiger partial charge in [0.2, 0.25) is 0 Å². The van der Waals surface area contributed by atoms with E-state index in [-0.39, 0.29) is 5.69 Å². The van der Waals surface area contributed by atoms with Crippen LogP contribution in [0.15, 0.2) is 42.5 Å². The maximum Gasteiger partial charge on any atom is 0.337 e. The highest BCUT2D eigenvalue weighted by Crippen LogP contribution is 2.28. The average Bonchev–Trinajstić information content (AvgIpc) is 2.48. The van der Waals surface area contributed by atoms with Crippen molar-refractivity contribution in [2.75, 3.05) is 7.11 Å². The number of methoxy groups -OCH3 is 1. The number of nitro benzene ring substituents is 1. The highest BCUT2D eigenvalue weighted by molar-refractivity contribution is 5.89. The molecule has 0 aliphatic rings. The first kappa shape index (κ1) is 14.5. The minimum atomic E-state index is -0.464. The van der Waals surface area contributed by atoms with Gasteiger partial charge in [-0.25, -0.2) is 4.79 Å². The van der Waals surface area contributed by atoms with Gasteiger partial charge in [-0.3, -0.25) is 10.1 Å². The highest BCUT2D eigenvalue weighted by atomic mass is 16.6. The molecular formula is C15H13NO5. The van der Waals surface area contributed by atoms with Crippen LogP contribution in [0.2, 0.25) is 0 Å². The summed E-state index contributed by atoms with van der Waals surface area (Å²) >= 11 is 0. The van der Waals surface area contributed by atoms with Gasteiger partial charge in [-0.2, -0.15) is 0 Å². The monoisotopic (exact) mass is 287 g/mol. The third-order valence-corrected chi connectivity index (χ3v) is 2.85. The van der Waals surface area contributed by atoms with E-state index in [1.54, 1.807) is 31.2 Å². The SMILES string of the molecule is COC(=O)c1cccc(Oc2ccc([N+](=O)[O-])cc2C)c1. The number of rotatable bonds is 4. The number of hydrogen-bond acceptors (Lipinski definition) is 5. The zero-order valence-electron chi connectivity index (χ0n) is 11.5. The number of carbonyl (C=O) groups excluding carboxylic acids is 1. The summed E-state index contributed by atoms with van der Waals surface area (Å²) in [7, 11) is 1.30. The van der Waals surface area contributed by atoms with E-state index in [2.05, 4.69) is 4.74 Å². The lowest BCUT2D eigenvalue weighted by molar-refractivity contribution is -0.384. The van der Waals surface area contributed by atoms with Gasteiger partial charge in [-0.15, -0.1) is 0 Å². The van der Waals surface area contributed by atoms with Crippen molar-refractivity contribution in [2.45, 2.75) is 6.92 Å². The standard InChI is InChI=1S/C15H13NO5/c1-10-8-12(16(18)19)6-7-14(10)21-13-5-3-4-11(9-13)15(17)20-2/h3-9H,1-2H3. The van der Waals surface area contributed by atoms with Gasteiger partial charge in [0.1, 0.15) is 11.5 Å². The van der Waals surface area contributed by atoms with Crippen molar-refractivity contribution in [3.63, 3.8) is 0 Å². The second-order valence-corrected chi connectivity index (χ2v) is 4.33. The summed E-state index contributed by atoms with van der Waals surface area (Å²) in [5, 5.41) is 10.7. The number of benzene rings is 2. The molecule has 0 aliphatic carbocycles. The first-order chi connectivity index (χ1) is 10.0. The second-order valence-electron chi connectivity index (χ2n) is 4.33. The molecule has 0 aliphatic heterocycles. The van der Waals surface area contributed by atoms with Crippen LogP contribution in [0.1, 0.15) is 15.9 Å².